The summed E-state index contributed by atoms with van der Waals surface area (Å²) in [5.74, 6) is -1.11. The van der Waals surface area contributed by atoms with Gasteiger partial charge in [-0.25, -0.2) is 4.79 Å². The first-order valence-corrected chi connectivity index (χ1v) is 6.11. The Kier molecular flexibility index (Phi) is 7.33. The van der Waals surface area contributed by atoms with Gasteiger partial charge in [-0.1, -0.05) is 20.4 Å². The fraction of sp³-hybridized carbons (Fsp3) is 0.692. The van der Waals surface area contributed by atoms with Crippen molar-refractivity contribution in [2.45, 2.75) is 33.3 Å². The third-order valence-corrected chi connectivity index (χ3v) is 2.55. The van der Waals surface area contributed by atoms with Gasteiger partial charge in [-0.15, -0.1) is 0 Å². The molecule has 6 heteroatoms. The maximum atomic E-state index is 11.6. The van der Waals surface area contributed by atoms with E-state index >= 15 is 0 Å². The summed E-state index contributed by atoms with van der Waals surface area (Å²) in [6.07, 6.45) is -0.882. The van der Waals surface area contributed by atoms with Gasteiger partial charge >= 0.3 is 5.97 Å². The number of ether oxygens (including phenoxy) is 1. The molecular formula is C13H23NO5. The molecule has 6 nitrogen and oxygen atoms in total. The van der Waals surface area contributed by atoms with Gasteiger partial charge in [0.05, 0.1) is 6.61 Å². The molecule has 1 amide bonds. The highest BCUT2D eigenvalue weighted by Gasteiger charge is 2.34. The molecule has 0 rings (SSSR count). The average molecular weight is 273 g/mol. The highest BCUT2D eigenvalue weighted by Crippen LogP contribution is 2.21. The van der Waals surface area contributed by atoms with E-state index in [0.29, 0.717) is 6.42 Å². The van der Waals surface area contributed by atoms with Crippen LogP contribution >= 0.6 is 0 Å². The number of amides is 1. The molecule has 1 unspecified atom stereocenters. The van der Waals surface area contributed by atoms with Crippen molar-refractivity contribution in [1.82, 2.24) is 5.32 Å². The van der Waals surface area contributed by atoms with Crippen LogP contribution in [0.1, 0.15) is 27.2 Å². The molecule has 0 aromatic rings. The Hall–Kier alpha value is -1.40. The van der Waals surface area contributed by atoms with Gasteiger partial charge in [-0.3, -0.25) is 4.79 Å². The number of hydrogen-bond donors (Lipinski definition) is 3. The number of esters is 1. The van der Waals surface area contributed by atoms with Gasteiger partial charge in [-0.2, -0.15) is 0 Å². The summed E-state index contributed by atoms with van der Waals surface area (Å²) in [5.41, 5.74) is -0.647. The van der Waals surface area contributed by atoms with E-state index < -0.39 is 23.4 Å². The fourth-order valence-corrected chi connectivity index (χ4v) is 1.20. The van der Waals surface area contributed by atoms with E-state index in [1.165, 1.54) is 6.92 Å². The quantitative estimate of drug-likeness (QED) is 0.328. The van der Waals surface area contributed by atoms with Crippen LogP contribution in [0, 0.1) is 5.41 Å². The van der Waals surface area contributed by atoms with Crippen LogP contribution in [0.5, 0.6) is 0 Å². The number of aliphatic hydroxyl groups excluding tert-OH is 2. The smallest absolute Gasteiger partial charge is 0.333 e. The number of rotatable bonds is 8. The van der Waals surface area contributed by atoms with Gasteiger partial charge in [0.2, 0.25) is 5.91 Å². The fourth-order valence-electron chi connectivity index (χ4n) is 1.20. The van der Waals surface area contributed by atoms with Gasteiger partial charge in [-0.05, 0) is 13.3 Å². The summed E-state index contributed by atoms with van der Waals surface area (Å²) < 4.78 is 4.95. The van der Waals surface area contributed by atoms with Crippen molar-refractivity contribution in [2.24, 2.45) is 5.41 Å². The van der Waals surface area contributed by atoms with E-state index in [9.17, 15) is 14.7 Å². The number of hydrogen-bond acceptors (Lipinski definition) is 5. The van der Waals surface area contributed by atoms with E-state index in [-0.39, 0.29) is 25.3 Å². The molecule has 0 radical (unpaired) electrons. The first-order valence-electron chi connectivity index (χ1n) is 6.11. The largest absolute Gasteiger partial charge is 0.462 e. The molecule has 0 fully saturated rings. The van der Waals surface area contributed by atoms with E-state index in [1.54, 1.807) is 13.8 Å². The molecule has 0 aromatic carbocycles. The molecule has 0 spiro atoms. The number of aliphatic hydroxyl groups is 2. The van der Waals surface area contributed by atoms with Crippen LogP contribution in [0.25, 0.3) is 0 Å². The molecule has 0 aliphatic rings. The van der Waals surface area contributed by atoms with E-state index in [0.717, 1.165) is 0 Å². The molecule has 19 heavy (non-hydrogen) atoms. The monoisotopic (exact) mass is 273 g/mol. The van der Waals surface area contributed by atoms with Crippen LogP contribution in [-0.2, 0) is 14.3 Å². The molecule has 0 heterocycles. The highest BCUT2D eigenvalue weighted by molar-refractivity contribution is 5.87. The molecular weight excluding hydrogens is 250 g/mol. The van der Waals surface area contributed by atoms with Crippen LogP contribution in [0.4, 0.5) is 0 Å². The standard InChI is InChI=1S/C13H23NO5/c1-9(2)12(18)19-8-13(3,4)10(16)11(17)14-6-5-7-15/h10,15-16H,1,5-8H2,2-4H3,(H,14,17). The topological polar surface area (TPSA) is 95.9 Å². The lowest BCUT2D eigenvalue weighted by molar-refractivity contribution is -0.149. The Bertz CT molecular complexity index is 338. The molecule has 1 atom stereocenters. The van der Waals surface area contributed by atoms with Crippen LogP contribution in [0.2, 0.25) is 0 Å². The zero-order valence-electron chi connectivity index (χ0n) is 11.7. The molecule has 0 saturated heterocycles. The van der Waals surface area contributed by atoms with Gasteiger partial charge in [0.25, 0.3) is 0 Å². The van der Waals surface area contributed by atoms with Crippen LogP contribution in [0.15, 0.2) is 12.2 Å². The molecule has 0 aliphatic carbocycles. The van der Waals surface area contributed by atoms with Crippen molar-refractivity contribution in [3.63, 3.8) is 0 Å². The van der Waals surface area contributed by atoms with Crippen molar-refractivity contribution >= 4 is 11.9 Å². The third kappa shape index (κ3) is 6.35. The van der Waals surface area contributed by atoms with Crippen molar-refractivity contribution in [1.29, 1.82) is 0 Å². The van der Waals surface area contributed by atoms with E-state index in [4.69, 9.17) is 9.84 Å². The van der Waals surface area contributed by atoms with Crippen LogP contribution < -0.4 is 5.32 Å². The Morgan fingerprint density at radius 1 is 1.42 bits per heavy atom. The number of carbonyl (C=O) groups is 2. The van der Waals surface area contributed by atoms with Gasteiger partial charge in [0, 0.05) is 24.1 Å². The lowest BCUT2D eigenvalue weighted by Gasteiger charge is -2.29. The Labute approximate surface area is 113 Å². The zero-order valence-corrected chi connectivity index (χ0v) is 11.7. The molecule has 0 aliphatic heterocycles. The van der Waals surface area contributed by atoms with Crippen molar-refractivity contribution < 1.29 is 24.5 Å². The number of nitrogens with one attached hydrogen (secondary N) is 1. The molecule has 0 aromatic heterocycles. The molecule has 0 bridgehead atoms. The summed E-state index contributed by atoms with van der Waals surface area (Å²) in [6.45, 7) is 8.37. The predicted molar refractivity (Wildman–Crippen MR) is 70.3 cm³/mol. The minimum atomic E-state index is -1.30. The number of carbonyl (C=O) groups excluding carboxylic acids is 2. The average Bonchev–Trinajstić information content (AvgIpc) is 2.34. The van der Waals surface area contributed by atoms with Crippen molar-refractivity contribution in [3.05, 3.63) is 12.2 Å². The molecule has 0 saturated carbocycles. The van der Waals surface area contributed by atoms with Crippen LogP contribution in [-0.4, -0.2) is 48.0 Å². The van der Waals surface area contributed by atoms with Gasteiger partial charge in [0.15, 0.2) is 0 Å². The summed E-state index contributed by atoms with van der Waals surface area (Å²) in [7, 11) is 0. The highest BCUT2D eigenvalue weighted by atomic mass is 16.5. The zero-order chi connectivity index (χ0) is 15.1. The summed E-state index contributed by atoms with van der Waals surface area (Å²) >= 11 is 0. The van der Waals surface area contributed by atoms with Gasteiger partial charge < -0.3 is 20.3 Å². The first kappa shape index (κ1) is 17.6. The minimum absolute atomic E-state index is 0.0318. The Morgan fingerprint density at radius 2 is 2.00 bits per heavy atom. The second kappa shape index (κ2) is 7.91. The van der Waals surface area contributed by atoms with Crippen molar-refractivity contribution in [2.75, 3.05) is 19.8 Å². The summed E-state index contributed by atoms with van der Waals surface area (Å²) in [4.78, 5) is 22.9. The third-order valence-electron chi connectivity index (χ3n) is 2.55. The van der Waals surface area contributed by atoms with E-state index in [2.05, 4.69) is 11.9 Å². The van der Waals surface area contributed by atoms with Gasteiger partial charge in [0.1, 0.15) is 6.10 Å². The second-order valence-electron chi connectivity index (χ2n) is 5.12. The second-order valence-corrected chi connectivity index (χ2v) is 5.12. The maximum absolute atomic E-state index is 11.6. The summed E-state index contributed by atoms with van der Waals surface area (Å²) in [5, 5.41) is 21.0. The first-order chi connectivity index (χ1) is 8.72. The predicted octanol–water partition coefficient (Wildman–Crippen LogP) is -0.00860. The Balaban J connectivity index is 4.33. The lowest BCUT2D eigenvalue weighted by atomic mass is 9.87. The Morgan fingerprint density at radius 3 is 2.47 bits per heavy atom. The maximum Gasteiger partial charge on any atom is 0.333 e. The summed E-state index contributed by atoms with van der Waals surface area (Å²) in [6, 6.07) is 0. The normalized spacial score (nSPS) is 12.7. The lowest BCUT2D eigenvalue weighted by Crippen LogP contribution is -2.46. The molecule has 3 N–H and O–H groups in total. The van der Waals surface area contributed by atoms with Crippen LogP contribution in [0.3, 0.4) is 0 Å². The van der Waals surface area contributed by atoms with Crippen molar-refractivity contribution in [3.8, 4) is 0 Å². The minimum Gasteiger partial charge on any atom is -0.462 e. The SMILES string of the molecule is C=C(C)C(=O)OCC(C)(C)C(O)C(=O)NCCCO. The molecule has 110 valence electrons. The van der Waals surface area contributed by atoms with E-state index in [1.807, 2.05) is 0 Å².